The molecule has 0 aromatic heterocycles. The number of hydrogen-bond acceptors (Lipinski definition) is 3. The molecule has 6 heteroatoms. The first-order valence-electron chi connectivity index (χ1n) is 4.97. The second-order valence-corrected chi connectivity index (χ2v) is 3.95. The lowest BCUT2D eigenvalue weighted by atomic mass is 10.3. The van der Waals surface area contributed by atoms with Crippen LogP contribution in [0, 0.1) is 11.6 Å². The average Bonchev–Trinajstić information content (AvgIpc) is 2.26. The van der Waals surface area contributed by atoms with Crippen LogP contribution >= 0.6 is 15.9 Å². The second kappa shape index (κ2) is 6.54. The summed E-state index contributed by atoms with van der Waals surface area (Å²) in [4.78, 5) is 11.0. The number of carbonyl (C=O) groups excluding carboxylic acids is 1. The van der Waals surface area contributed by atoms with Crippen LogP contribution in [0.4, 0.5) is 8.78 Å². The molecule has 0 heterocycles. The van der Waals surface area contributed by atoms with Gasteiger partial charge in [0, 0.05) is 6.07 Å². The normalized spacial score (nSPS) is 10.1. The zero-order valence-electron chi connectivity index (χ0n) is 9.13. The lowest BCUT2D eigenvalue weighted by molar-refractivity contribution is -0.143. The highest BCUT2D eigenvalue weighted by Crippen LogP contribution is 2.25. The summed E-state index contributed by atoms with van der Waals surface area (Å²) in [6, 6.07) is 1.89. The van der Waals surface area contributed by atoms with Gasteiger partial charge in [-0.3, -0.25) is 4.79 Å². The minimum atomic E-state index is -0.692. The van der Waals surface area contributed by atoms with E-state index >= 15 is 0 Å². The number of rotatable bonds is 5. The molecular weight excluding hydrogens is 298 g/mol. The van der Waals surface area contributed by atoms with Crippen LogP contribution in [0.5, 0.6) is 5.75 Å². The fourth-order valence-electron chi connectivity index (χ4n) is 1.09. The summed E-state index contributed by atoms with van der Waals surface area (Å²) in [5.41, 5.74) is 0. The highest BCUT2D eigenvalue weighted by molar-refractivity contribution is 9.10. The van der Waals surface area contributed by atoms with Gasteiger partial charge in [0.1, 0.15) is 5.82 Å². The Balaban J connectivity index is 2.52. The molecule has 17 heavy (non-hydrogen) atoms. The van der Waals surface area contributed by atoms with Crippen molar-refractivity contribution in [2.45, 2.75) is 13.3 Å². The summed E-state index contributed by atoms with van der Waals surface area (Å²) in [6.07, 6.45) is -0.00897. The molecule has 0 saturated carbocycles. The van der Waals surface area contributed by atoms with Crippen LogP contribution in [0.3, 0.4) is 0 Å². The van der Waals surface area contributed by atoms with E-state index in [9.17, 15) is 13.6 Å². The fourth-order valence-corrected chi connectivity index (χ4v) is 1.41. The number of esters is 1. The molecule has 0 unspecified atom stereocenters. The average molecular weight is 309 g/mol. The predicted molar refractivity (Wildman–Crippen MR) is 60.8 cm³/mol. The zero-order valence-corrected chi connectivity index (χ0v) is 10.7. The minimum absolute atomic E-state index is 0.00897. The van der Waals surface area contributed by atoms with Gasteiger partial charge in [0.25, 0.3) is 0 Å². The topological polar surface area (TPSA) is 35.5 Å². The van der Waals surface area contributed by atoms with Crippen molar-refractivity contribution in [2.24, 2.45) is 0 Å². The molecule has 0 bridgehead atoms. The monoisotopic (exact) mass is 308 g/mol. The molecule has 0 N–H and O–H groups in total. The molecule has 0 fully saturated rings. The van der Waals surface area contributed by atoms with E-state index in [4.69, 9.17) is 4.74 Å². The van der Waals surface area contributed by atoms with E-state index in [0.717, 1.165) is 12.1 Å². The van der Waals surface area contributed by atoms with E-state index in [1.54, 1.807) is 6.92 Å². The van der Waals surface area contributed by atoms with E-state index in [1.165, 1.54) is 0 Å². The first-order chi connectivity index (χ1) is 8.04. The second-order valence-electron chi connectivity index (χ2n) is 3.10. The van der Waals surface area contributed by atoms with E-state index < -0.39 is 17.6 Å². The highest BCUT2D eigenvalue weighted by atomic mass is 79.9. The Hall–Kier alpha value is -1.17. The lowest BCUT2D eigenvalue weighted by Crippen LogP contribution is -2.10. The van der Waals surface area contributed by atoms with Crippen LogP contribution in [0.15, 0.2) is 16.6 Å². The summed E-state index contributed by atoms with van der Waals surface area (Å²) in [7, 11) is 0. The van der Waals surface area contributed by atoms with Crippen LogP contribution in [-0.4, -0.2) is 19.2 Å². The van der Waals surface area contributed by atoms with Crippen molar-refractivity contribution in [1.29, 1.82) is 0 Å². The first kappa shape index (κ1) is 13.9. The fraction of sp³-hybridized carbons (Fsp3) is 0.364. The molecular formula is C11H11BrF2O3. The standard InChI is InChI=1S/C11H11BrF2O3/c1-2-16-11(15)3-4-17-10-6-8(13)7(12)5-9(10)14/h5-6H,2-4H2,1H3. The molecule has 0 saturated heterocycles. The summed E-state index contributed by atoms with van der Waals surface area (Å²) in [5.74, 6) is -1.99. The molecule has 0 spiro atoms. The van der Waals surface area contributed by atoms with Crippen LogP contribution in [-0.2, 0) is 9.53 Å². The smallest absolute Gasteiger partial charge is 0.309 e. The number of carbonyl (C=O) groups is 1. The summed E-state index contributed by atoms with van der Waals surface area (Å²) >= 11 is 2.85. The summed E-state index contributed by atoms with van der Waals surface area (Å²) < 4.78 is 36.0. The molecule has 0 aliphatic carbocycles. The summed E-state index contributed by atoms with van der Waals surface area (Å²) in [6.45, 7) is 1.90. The quantitative estimate of drug-likeness (QED) is 0.619. The molecule has 0 aliphatic rings. The van der Waals surface area contributed by atoms with E-state index in [-0.39, 0.29) is 29.9 Å². The third-order valence-electron chi connectivity index (χ3n) is 1.84. The molecule has 1 rings (SSSR count). The van der Waals surface area contributed by atoms with Crippen LogP contribution in [0.1, 0.15) is 13.3 Å². The maximum atomic E-state index is 13.3. The van der Waals surface area contributed by atoms with Gasteiger partial charge in [0.2, 0.25) is 0 Å². The van der Waals surface area contributed by atoms with E-state index in [1.807, 2.05) is 0 Å². The Labute approximate surface area is 106 Å². The van der Waals surface area contributed by atoms with Gasteiger partial charge in [-0.2, -0.15) is 0 Å². The minimum Gasteiger partial charge on any atom is -0.490 e. The van der Waals surface area contributed by atoms with E-state index in [0.29, 0.717) is 0 Å². The molecule has 1 aromatic carbocycles. The number of ether oxygens (including phenoxy) is 2. The van der Waals surface area contributed by atoms with Gasteiger partial charge >= 0.3 is 5.97 Å². The van der Waals surface area contributed by atoms with Gasteiger partial charge in [-0.05, 0) is 28.9 Å². The van der Waals surface area contributed by atoms with Crippen molar-refractivity contribution in [2.75, 3.05) is 13.2 Å². The molecule has 0 atom stereocenters. The number of benzene rings is 1. The maximum Gasteiger partial charge on any atom is 0.309 e. The van der Waals surface area contributed by atoms with Gasteiger partial charge in [-0.25, -0.2) is 8.78 Å². The molecule has 94 valence electrons. The third-order valence-corrected chi connectivity index (χ3v) is 2.45. The van der Waals surface area contributed by atoms with Crippen molar-refractivity contribution >= 4 is 21.9 Å². The number of hydrogen-bond donors (Lipinski definition) is 0. The van der Waals surface area contributed by atoms with Crippen LogP contribution in [0.2, 0.25) is 0 Å². The van der Waals surface area contributed by atoms with Crippen molar-refractivity contribution in [3.8, 4) is 5.75 Å². The van der Waals surface area contributed by atoms with Gasteiger partial charge in [-0.1, -0.05) is 0 Å². The molecule has 3 nitrogen and oxygen atoms in total. The van der Waals surface area contributed by atoms with Gasteiger partial charge in [0.05, 0.1) is 24.1 Å². The largest absolute Gasteiger partial charge is 0.490 e. The molecule has 0 amide bonds. The van der Waals surface area contributed by atoms with Crippen molar-refractivity contribution in [3.63, 3.8) is 0 Å². The molecule has 0 radical (unpaired) electrons. The zero-order chi connectivity index (χ0) is 12.8. The Morgan fingerprint density at radius 3 is 2.71 bits per heavy atom. The Bertz CT molecular complexity index is 410. The van der Waals surface area contributed by atoms with Crippen LogP contribution in [0.25, 0.3) is 0 Å². The maximum absolute atomic E-state index is 13.3. The van der Waals surface area contributed by atoms with E-state index in [2.05, 4.69) is 20.7 Å². The van der Waals surface area contributed by atoms with Gasteiger partial charge in [0.15, 0.2) is 11.6 Å². The van der Waals surface area contributed by atoms with Crippen molar-refractivity contribution in [1.82, 2.24) is 0 Å². The molecule has 1 aromatic rings. The highest BCUT2D eigenvalue weighted by Gasteiger charge is 2.10. The lowest BCUT2D eigenvalue weighted by Gasteiger charge is -2.07. The number of halogens is 3. The van der Waals surface area contributed by atoms with Crippen molar-refractivity contribution < 1.29 is 23.0 Å². The van der Waals surface area contributed by atoms with Crippen LogP contribution < -0.4 is 4.74 Å². The first-order valence-corrected chi connectivity index (χ1v) is 5.77. The third kappa shape index (κ3) is 4.30. The van der Waals surface area contributed by atoms with Gasteiger partial charge in [-0.15, -0.1) is 0 Å². The molecule has 0 aliphatic heterocycles. The predicted octanol–water partition coefficient (Wildman–Crippen LogP) is 3.06. The summed E-state index contributed by atoms with van der Waals surface area (Å²) in [5, 5.41) is 0. The Kier molecular flexibility index (Phi) is 5.34. The van der Waals surface area contributed by atoms with Crippen molar-refractivity contribution in [3.05, 3.63) is 28.2 Å². The SMILES string of the molecule is CCOC(=O)CCOc1cc(F)c(Br)cc1F. The Morgan fingerprint density at radius 1 is 1.35 bits per heavy atom. The Morgan fingerprint density at radius 2 is 2.06 bits per heavy atom. The van der Waals surface area contributed by atoms with Gasteiger partial charge < -0.3 is 9.47 Å².